The van der Waals surface area contributed by atoms with Crippen LogP contribution in [0.3, 0.4) is 0 Å². The molecular formula is C21H16F3N5O. The summed E-state index contributed by atoms with van der Waals surface area (Å²) in [5.74, 6) is 0.137. The van der Waals surface area contributed by atoms with Gasteiger partial charge in [0.15, 0.2) is 0 Å². The van der Waals surface area contributed by atoms with Crippen LogP contribution in [0.5, 0.6) is 0 Å². The molecule has 1 aliphatic rings. The third kappa shape index (κ3) is 3.22. The normalized spacial score (nSPS) is 14.2. The summed E-state index contributed by atoms with van der Waals surface area (Å²) in [7, 11) is 0. The van der Waals surface area contributed by atoms with E-state index < -0.39 is 17.6 Å². The lowest BCUT2D eigenvalue weighted by Gasteiger charge is -2.11. The Kier molecular flexibility index (Phi) is 4.12. The Morgan fingerprint density at radius 2 is 1.90 bits per heavy atom. The van der Waals surface area contributed by atoms with Crippen molar-refractivity contribution >= 4 is 17.4 Å². The summed E-state index contributed by atoms with van der Waals surface area (Å²) >= 11 is 0. The molecule has 30 heavy (non-hydrogen) atoms. The molecule has 0 aliphatic heterocycles. The van der Waals surface area contributed by atoms with Gasteiger partial charge in [-0.05, 0) is 31.0 Å². The average Bonchev–Trinajstić information content (AvgIpc) is 3.35. The molecule has 3 aromatic heterocycles. The molecule has 6 nitrogen and oxygen atoms in total. The van der Waals surface area contributed by atoms with Crippen LogP contribution in [0.2, 0.25) is 0 Å². The van der Waals surface area contributed by atoms with Gasteiger partial charge in [0.05, 0.1) is 23.0 Å². The number of amides is 1. The van der Waals surface area contributed by atoms with Crippen molar-refractivity contribution < 1.29 is 18.0 Å². The Morgan fingerprint density at radius 3 is 2.67 bits per heavy atom. The number of carbonyl (C=O) groups excluding carboxylic acids is 1. The van der Waals surface area contributed by atoms with Crippen LogP contribution >= 0.6 is 0 Å². The van der Waals surface area contributed by atoms with Crippen LogP contribution < -0.4 is 5.32 Å². The van der Waals surface area contributed by atoms with E-state index in [0.717, 1.165) is 24.6 Å². The zero-order valence-corrected chi connectivity index (χ0v) is 15.6. The van der Waals surface area contributed by atoms with Gasteiger partial charge in [0.25, 0.3) is 5.91 Å². The van der Waals surface area contributed by atoms with Crippen molar-refractivity contribution in [1.82, 2.24) is 19.4 Å². The molecule has 9 heteroatoms. The Hall–Kier alpha value is -3.62. The summed E-state index contributed by atoms with van der Waals surface area (Å²) in [5.41, 5.74) is 0.560. The van der Waals surface area contributed by atoms with Crippen molar-refractivity contribution in [1.29, 1.82) is 0 Å². The van der Waals surface area contributed by atoms with Gasteiger partial charge in [0, 0.05) is 23.4 Å². The molecule has 0 atom stereocenters. The largest absolute Gasteiger partial charge is 0.417 e. The summed E-state index contributed by atoms with van der Waals surface area (Å²) in [6.45, 7) is 0. The molecule has 1 saturated carbocycles. The Labute approximate surface area is 168 Å². The number of nitrogens with one attached hydrogen (secondary N) is 2. The van der Waals surface area contributed by atoms with E-state index in [9.17, 15) is 18.0 Å². The predicted molar refractivity (Wildman–Crippen MR) is 104 cm³/mol. The first kappa shape index (κ1) is 18.4. The summed E-state index contributed by atoms with van der Waals surface area (Å²) in [6, 6.07) is 10.2. The summed E-state index contributed by atoms with van der Waals surface area (Å²) in [4.78, 5) is 24.4. The summed E-state index contributed by atoms with van der Waals surface area (Å²) in [6.07, 6.45) is 0.901. The third-order valence-electron chi connectivity index (χ3n) is 5.08. The predicted octanol–water partition coefficient (Wildman–Crippen LogP) is 4.87. The Morgan fingerprint density at radius 1 is 1.13 bits per heavy atom. The molecule has 1 amide bonds. The van der Waals surface area contributed by atoms with Crippen LogP contribution in [0.4, 0.5) is 19.1 Å². The minimum atomic E-state index is -4.54. The highest BCUT2D eigenvalue weighted by Crippen LogP contribution is 2.39. The number of carbonyl (C=O) groups is 1. The highest BCUT2D eigenvalue weighted by Gasteiger charge is 2.35. The maximum Gasteiger partial charge on any atom is 0.417 e. The number of aromatic amines is 1. The maximum absolute atomic E-state index is 13.5. The number of alkyl halides is 3. The van der Waals surface area contributed by atoms with Gasteiger partial charge in [-0.2, -0.15) is 13.2 Å². The van der Waals surface area contributed by atoms with Crippen LogP contribution in [0, 0.1) is 0 Å². The number of aromatic nitrogens is 4. The lowest BCUT2D eigenvalue weighted by atomic mass is 10.0. The second kappa shape index (κ2) is 6.72. The van der Waals surface area contributed by atoms with Gasteiger partial charge < -0.3 is 4.98 Å². The van der Waals surface area contributed by atoms with Crippen molar-refractivity contribution in [3.8, 4) is 11.3 Å². The van der Waals surface area contributed by atoms with E-state index in [1.807, 2.05) is 0 Å². The fraction of sp³-hybridized carbons (Fsp3) is 0.190. The molecule has 0 unspecified atom stereocenters. The first-order chi connectivity index (χ1) is 14.4. The standard InChI is InChI=1S/C21H16F3N5O/c22-21(23,24)14-6-2-1-5-13(14)17-16-7-3-4-10-29(16)18(27-17)19(30)28-20-25-11-15(26-20)12-8-9-12/h1-7,10-12H,8-9H2,(H2,25,26,28,30). The van der Waals surface area contributed by atoms with Crippen molar-refractivity contribution in [3.05, 3.63) is 71.9 Å². The molecule has 3 heterocycles. The summed E-state index contributed by atoms with van der Waals surface area (Å²) in [5, 5.41) is 2.65. The van der Waals surface area contributed by atoms with Crippen molar-refractivity contribution in [2.75, 3.05) is 5.32 Å². The number of pyridine rings is 1. The topological polar surface area (TPSA) is 75.1 Å². The molecule has 1 aromatic carbocycles. The Balaban J connectivity index is 1.57. The van der Waals surface area contributed by atoms with Crippen molar-refractivity contribution in [2.24, 2.45) is 0 Å². The number of benzene rings is 1. The Bertz CT molecular complexity index is 1250. The van der Waals surface area contributed by atoms with E-state index in [4.69, 9.17) is 0 Å². The molecular weight excluding hydrogens is 395 g/mol. The third-order valence-corrected chi connectivity index (χ3v) is 5.08. The molecule has 4 aromatic rings. The van der Waals surface area contributed by atoms with E-state index in [1.54, 1.807) is 30.6 Å². The highest BCUT2D eigenvalue weighted by molar-refractivity contribution is 6.02. The first-order valence-electron chi connectivity index (χ1n) is 9.42. The van der Waals surface area contributed by atoms with Gasteiger partial charge in [-0.3, -0.25) is 14.5 Å². The van der Waals surface area contributed by atoms with E-state index in [2.05, 4.69) is 20.3 Å². The molecule has 0 bridgehead atoms. The van der Waals surface area contributed by atoms with E-state index in [0.29, 0.717) is 11.4 Å². The smallest absolute Gasteiger partial charge is 0.328 e. The molecule has 152 valence electrons. The number of H-pyrrole nitrogens is 1. The zero-order valence-electron chi connectivity index (χ0n) is 15.6. The fourth-order valence-corrected chi connectivity index (χ4v) is 3.50. The van der Waals surface area contributed by atoms with Crippen LogP contribution in [0.1, 0.15) is 40.6 Å². The number of rotatable bonds is 4. The lowest BCUT2D eigenvalue weighted by Crippen LogP contribution is -2.16. The highest BCUT2D eigenvalue weighted by atomic mass is 19.4. The first-order valence-corrected chi connectivity index (χ1v) is 9.42. The second-order valence-electron chi connectivity index (χ2n) is 7.20. The van der Waals surface area contributed by atoms with Crippen LogP contribution in [0.15, 0.2) is 54.9 Å². The quantitative estimate of drug-likeness (QED) is 0.503. The molecule has 5 rings (SSSR count). The van der Waals surface area contributed by atoms with Gasteiger partial charge in [-0.15, -0.1) is 0 Å². The molecule has 0 radical (unpaired) electrons. The van der Waals surface area contributed by atoms with E-state index >= 15 is 0 Å². The minimum Gasteiger partial charge on any atom is -0.328 e. The number of fused-ring (bicyclic) bond motifs is 1. The van der Waals surface area contributed by atoms with Crippen molar-refractivity contribution in [2.45, 2.75) is 24.9 Å². The van der Waals surface area contributed by atoms with E-state index in [-0.39, 0.29) is 23.0 Å². The maximum atomic E-state index is 13.5. The number of halogens is 3. The van der Waals surface area contributed by atoms with Gasteiger partial charge in [-0.25, -0.2) is 9.97 Å². The van der Waals surface area contributed by atoms with Crippen molar-refractivity contribution in [3.63, 3.8) is 0 Å². The SMILES string of the molecule is O=C(Nc1ncc(C2CC2)[nH]1)c1nc(-c2ccccc2C(F)(F)F)c2ccccn12. The van der Waals surface area contributed by atoms with Crippen LogP contribution in [-0.4, -0.2) is 25.3 Å². The molecule has 1 aliphatic carbocycles. The molecule has 0 saturated heterocycles. The minimum absolute atomic E-state index is 0.0260. The van der Waals surface area contributed by atoms with Gasteiger partial charge in [-0.1, -0.05) is 24.3 Å². The number of hydrogen-bond acceptors (Lipinski definition) is 3. The monoisotopic (exact) mass is 411 g/mol. The van der Waals surface area contributed by atoms with Crippen LogP contribution in [0.25, 0.3) is 16.8 Å². The number of imidazole rings is 2. The number of anilines is 1. The van der Waals surface area contributed by atoms with E-state index in [1.165, 1.54) is 22.6 Å². The average molecular weight is 411 g/mol. The van der Waals surface area contributed by atoms with Gasteiger partial charge in [0.1, 0.15) is 0 Å². The fourth-order valence-electron chi connectivity index (χ4n) is 3.50. The second-order valence-corrected chi connectivity index (χ2v) is 7.20. The number of hydrogen-bond donors (Lipinski definition) is 2. The lowest BCUT2D eigenvalue weighted by molar-refractivity contribution is -0.137. The molecule has 0 spiro atoms. The number of nitrogens with zero attached hydrogens (tertiary/aromatic N) is 3. The zero-order chi connectivity index (χ0) is 20.9. The van der Waals surface area contributed by atoms with Gasteiger partial charge >= 0.3 is 6.18 Å². The molecule has 2 N–H and O–H groups in total. The van der Waals surface area contributed by atoms with Gasteiger partial charge in [0.2, 0.25) is 11.8 Å². The summed E-state index contributed by atoms with van der Waals surface area (Å²) < 4.78 is 42.1. The molecule has 1 fully saturated rings. The van der Waals surface area contributed by atoms with Crippen LogP contribution in [-0.2, 0) is 6.18 Å².